The number of Topliss-reactive ketones (excluding diaryl/α,β-unsaturated/α-hetero) is 2. The number of benzene rings is 2. The van der Waals surface area contributed by atoms with Gasteiger partial charge in [-0.25, -0.2) is 0 Å². The third-order valence-corrected chi connectivity index (χ3v) is 16.9. The number of hydrogen-bond acceptors (Lipinski definition) is 15. The number of rotatable bonds is 22. The normalized spacial score (nSPS) is 16.6. The number of ketones is 2. The lowest BCUT2D eigenvalue weighted by Gasteiger charge is -2.32. The minimum atomic E-state index is -0.562. The van der Waals surface area contributed by atoms with Gasteiger partial charge in [-0.15, -0.1) is 43.1 Å². The van der Waals surface area contributed by atoms with Crippen LogP contribution in [0.5, 0.6) is 0 Å². The van der Waals surface area contributed by atoms with Crippen LogP contribution in [0.2, 0.25) is 10.0 Å². The Kier molecular flexibility index (Phi) is 17.5. The van der Waals surface area contributed by atoms with Gasteiger partial charge >= 0.3 is 0 Å². The Labute approximate surface area is 450 Å². The van der Waals surface area contributed by atoms with Crippen LogP contribution in [-0.4, -0.2) is 141 Å². The molecule has 7 heterocycles. The molecule has 16 nitrogen and oxygen atoms in total. The predicted molar refractivity (Wildman–Crippen MR) is 292 cm³/mol. The summed E-state index contributed by atoms with van der Waals surface area (Å²) in [6, 6.07) is 14.1. The highest BCUT2D eigenvalue weighted by molar-refractivity contribution is 7.17. The number of ether oxygens (including phenoxy) is 2. The fraction of sp³-hybridized carbons (Fsp3) is 0.463. The Hall–Kier alpha value is -5.31. The largest absolute Gasteiger partial charge is 0.379 e. The lowest BCUT2D eigenvalue weighted by molar-refractivity contribution is -0.120. The molecule has 3 aliphatic rings. The molecule has 1 saturated heterocycles. The molecule has 9 rings (SSSR count). The van der Waals surface area contributed by atoms with Crippen LogP contribution in [-0.2, 0) is 19.1 Å². The zero-order valence-corrected chi connectivity index (χ0v) is 46.0. The van der Waals surface area contributed by atoms with E-state index in [1.807, 2.05) is 73.9 Å². The standard InChI is InChI=1S/C54H63Cl2N11O5S2/c1-32-34(3)73-53-45(32)47(37-12-16-39(55)17-13-37)58-44(50-62-60-35(4)66(50)53)31-42(69)11-9-26-71-28-29-72-27-20-57-52(70)49-33(2)46-48(38-14-18-40(56)19-15-38)59-43(51-63-61-36(5)67(51)54(46)74-49)30-41(68)10-7-8-21-65-24-22-64(6)23-25-65/h12-19,43-44H,7-11,20-31H2,1-6H3,(H,57,70)/t43?,44-/m0/s1. The van der Waals surface area contributed by atoms with Crippen molar-refractivity contribution in [2.24, 2.45) is 9.98 Å². The molecule has 0 bridgehead atoms. The summed E-state index contributed by atoms with van der Waals surface area (Å²) >= 11 is 15.6. The van der Waals surface area contributed by atoms with Crippen molar-refractivity contribution in [2.45, 2.75) is 91.6 Å². The first-order valence-corrected chi connectivity index (χ1v) is 27.8. The van der Waals surface area contributed by atoms with Crippen LogP contribution in [0.3, 0.4) is 0 Å². The smallest absolute Gasteiger partial charge is 0.261 e. The molecule has 2 aromatic carbocycles. The molecular formula is C54H63Cl2N11O5S2. The second-order valence-corrected chi connectivity index (χ2v) is 22.3. The predicted octanol–water partition coefficient (Wildman–Crippen LogP) is 9.18. The summed E-state index contributed by atoms with van der Waals surface area (Å²) in [5, 5.41) is 24.0. The van der Waals surface area contributed by atoms with Gasteiger partial charge in [0, 0.05) is 102 Å². The highest BCUT2D eigenvalue weighted by Crippen LogP contribution is 2.42. The van der Waals surface area contributed by atoms with Crippen LogP contribution in [0, 0.1) is 34.6 Å². The number of nitrogens with zero attached hydrogens (tertiary/aromatic N) is 10. The molecule has 4 aromatic heterocycles. The van der Waals surface area contributed by atoms with Gasteiger partial charge in [0.2, 0.25) is 0 Å². The van der Waals surface area contributed by atoms with Crippen LogP contribution in [0.1, 0.15) is 128 Å². The molecule has 1 amide bonds. The molecule has 20 heteroatoms. The van der Waals surface area contributed by atoms with E-state index in [9.17, 15) is 14.4 Å². The molecule has 1 N–H and O–H groups in total. The van der Waals surface area contributed by atoms with Gasteiger partial charge in [0.15, 0.2) is 11.6 Å². The number of aliphatic imine (C=N–C) groups is 2. The molecule has 1 unspecified atom stereocenters. The molecule has 0 radical (unpaired) electrons. The molecule has 6 aromatic rings. The summed E-state index contributed by atoms with van der Waals surface area (Å²) in [5.74, 6) is 2.59. The minimum Gasteiger partial charge on any atom is -0.379 e. The molecule has 2 atom stereocenters. The van der Waals surface area contributed by atoms with Gasteiger partial charge in [-0.3, -0.25) is 33.5 Å². The van der Waals surface area contributed by atoms with Gasteiger partial charge in [0.05, 0.1) is 36.1 Å². The number of nitrogens with one attached hydrogen (secondary N) is 1. The second-order valence-electron chi connectivity index (χ2n) is 19.3. The first-order chi connectivity index (χ1) is 35.7. The van der Waals surface area contributed by atoms with E-state index >= 15 is 0 Å². The summed E-state index contributed by atoms with van der Waals surface area (Å²) in [5.41, 5.74) is 6.97. The summed E-state index contributed by atoms with van der Waals surface area (Å²) in [4.78, 5) is 58.1. The average molecular weight is 1080 g/mol. The number of carbonyl (C=O) groups excluding carboxylic acids is 3. The fourth-order valence-electron chi connectivity index (χ4n) is 9.75. The third-order valence-electron chi connectivity index (χ3n) is 13.9. The first kappa shape index (κ1) is 53.5. The summed E-state index contributed by atoms with van der Waals surface area (Å²) in [6.45, 7) is 16.9. The average Bonchev–Trinajstić information content (AvgIpc) is 4.09. The SMILES string of the molecule is Cc1sc2c(c1C)C(c1ccc(Cl)cc1)=N[C@@H](CC(=O)CCCOCCOCCNC(=O)c1sc3c(c1C)C(c1ccc(Cl)cc1)=NC(CC(=O)CCCCN1CCN(C)CC1)c1nnc(C)n1-3)c1nnc(C)n1-2. The first-order valence-electron chi connectivity index (χ1n) is 25.4. The number of hydrogen-bond donors (Lipinski definition) is 1. The van der Waals surface area contributed by atoms with Gasteiger partial charge in [0.1, 0.15) is 45.3 Å². The van der Waals surface area contributed by atoms with Crippen molar-refractivity contribution < 1.29 is 23.9 Å². The number of unbranched alkanes of at least 4 members (excludes halogenated alkanes) is 1. The van der Waals surface area contributed by atoms with E-state index in [0.717, 1.165) is 100 Å². The maximum Gasteiger partial charge on any atom is 0.261 e. The number of aryl methyl sites for hydroxylation is 3. The van der Waals surface area contributed by atoms with Gasteiger partial charge in [-0.1, -0.05) is 47.5 Å². The van der Waals surface area contributed by atoms with Gasteiger partial charge in [0.25, 0.3) is 5.91 Å². The molecule has 0 aliphatic carbocycles. The molecule has 3 aliphatic heterocycles. The topological polar surface area (TPSA) is 174 Å². The maximum atomic E-state index is 13.9. The number of likely N-dealkylation sites (N-methyl/N-ethyl adjacent to an activating group) is 1. The van der Waals surface area contributed by atoms with Crippen molar-refractivity contribution in [1.82, 2.24) is 44.6 Å². The highest BCUT2D eigenvalue weighted by Gasteiger charge is 2.35. The van der Waals surface area contributed by atoms with E-state index in [1.165, 1.54) is 16.2 Å². The molecule has 0 saturated carbocycles. The summed E-state index contributed by atoms with van der Waals surface area (Å²) < 4.78 is 15.7. The molecule has 74 heavy (non-hydrogen) atoms. The second kappa shape index (κ2) is 24.1. The van der Waals surface area contributed by atoms with Crippen molar-refractivity contribution >= 4 is 74.8 Å². The Morgan fingerprint density at radius 1 is 0.635 bits per heavy atom. The number of thiophene rings is 2. The third kappa shape index (κ3) is 12.0. The number of aromatic nitrogens is 6. The van der Waals surface area contributed by atoms with Crippen LogP contribution >= 0.6 is 45.9 Å². The molecule has 390 valence electrons. The van der Waals surface area contributed by atoms with Crippen molar-refractivity contribution in [3.8, 4) is 10.0 Å². The van der Waals surface area contributed by atoms with Crippen LogP contribution in [0.25, 0.3) is 10.0 Å². The number of piperazine rings is 1. The van der Waals surface area contributed by atoms with Crippen molar-refractivity contribution in [1.29, 1.82) is 0 Å². The van der Waals surface area contributed by atoms with E-state index in [4.69, 9.17) is 42.7 Å². The lowest BCUT2D eigenvalue weighted by atomic mass is 9.99. The summed E-state index contributed by atoms with van der Waals surface area (Å²) in [6.07, 6.45) is 3.53. The molecule has 1 fully saturated rings. The summed E-state index contributed by atoms with van der Waals surface area (Å²) in [7, 11) is 2.16. The van der Waals surface area contributed by atoms with Crippen LogP contribution in [0.4, 0.5) is 0 Å². The lowest BCUT2D eigenvalue weighted by Crippen LogP contribution is -2.44. The Bertz CT molecular complexity index is 3060. The van der Waals surface area contributed by atoms with Crippen molar-refractivity contribution in [3.05, 3.63) is 125 Å². The Morgan fingerprint density at radius 2 is 1.15 bits per heavy atom. The number of amides is 1. The molecule has 0 spiro atoms. The minimum absolute atomic E-state index is 0.0623. The van der Waals surface area contributed by atoms with Crippen molar-refractivity contribution in [3.63, 3.8) is 0 Å². The van der Waals surface area contributed by atoms with E-state index in [0.29, 0.717) is 77.2 Å². The van der Waals surface area contributed by atoms with Gasteiger partial charge in [-0.05, 0) is 103 Å². The van der Waals surface area contributed by atoms with Crippen LogP contribution < -0.4 is 5.32 Å². The van der Waals surface area contributed by atoms with E-state index in [-0.39, 0.29) is 43.5 Å². The van der Waals surface area contributed by atoms with Crippen molar-refractivity contribution in [2.75, 3.05) is 72.7 Å². The zero-order valence-electron chi connectivity index (χ0n) is 42.9. The highest BCUT2D eigenvalue weighted by atomic mass is 35.5. The Balaban J connectivity index is 0.759. The maximum absolute atomic E-state index is 13.9. The number of fused-ring (bicyclic) bond motifs is 6. The van der Waals surface area contributed by atoms with Gasteiger partial charge in [-0.2, -0.15) is 0 Å². The van der Waals surface area contributed by atoms with Crippen LogP contribution in [0.15, 0.2) is 58.5 Å². The Morgan fingerprint density at radius 3 is 1.72 bits per heavy atom. The quantitative estimate of drug-likeness (QED) is 0.0642. The fourth-order valence-corrected chi connectivity index (χ4v) is 12.5. The van der Waals surface area contributed by atoms with E-state index in [1.54, 1.807) is 11.3 Å². The zero-order chi connectivity index (χ0) is 52.0. The van der Waals surface area contributed by atoms with E-state index < -0.39 is 12.1 Å². The molecular weight excluding hydrogens is 1020 g/mol. The van der Waals surface area contributed by atoms with E-state index in [2.05, 4.69) is 61.0 Å². The number of halogens is 2. The number of carbonyl (C=O) groups is 3. The monoisotopic (exact) mass is 1080 g/mol. The van der Waals surface area contributed by atoms with Gasteiger partial charge < -0.3 is 24.6 Å².